The Morgan fingerprint density at radius 2 is 1.68 bits per heavy atom. The van der Waals surface area contributed by atoms with Crippen molar-refractivity contribution in [3.8, 4) is 6.07 Å². The van der Waals surface area contributed by atoms with Gasteiger partial charge in [-0.3, -0.25) is 9.59 Å². The zero-order chi connectivity index (χ0) is 30.3. The fourth-order valence-electron chi connectivity index (χ4n) is 4.77. The maximum Gasteiger partial charge on any atom is 0.319 e. The van der Waals surface area contributed by atoms with Gasteiger partial charge in [-0.05, 0) is 49.8 Å². The number of carbonyl (C=O) groups excluding carboxylic acids is 1. The van der Waals surface area contributed by atoms with Crippen LogP contribution in [0.15, 0.2) is 30.3 Å². The monoisotopic (exact) mass is 685 g/mol. The highest BCUT2D eigenvalue weighted by molar-refractivity contribution is 9.09. The molecule has 0 heterocycles. The number of hydrogen-bond acceptors (Lipinski definition) is 7. The van der Waals surface area contributed by atoms with Crippen molar-refractivity contribution in [1.82, 2.24) is 0 Å². The third-order valence-electron chi connectivity index (χ3n) is 7.17. The van der Waals surface area contributed by atoms with Gasteiger partial charge in [0.25, 0.3) is 0 Å². The summed E-state index contributed by atoms with van der Waals surface area (Å²) in [6, 6.07) is 12.2. The Balaban J connectivity index is 2.75. The molecule has 1 N–H and O–H groups in total. The van der Waals surface area contributed by atoms with Crippen LogP contribution in [0.3, 0.4) is 0 Å². The molecule has 3 unspecified atom stereocenters. The van der Waals surface area contributed by atoms with Crippen molar-refractivity contribution in [2.75, 3.05) is 17.7 Å². The van der Waals surface area contributed by atoms with E-state index in [1.807, 2.05) is 37.3 Å². The summed E-state index contributed by atoms with van der Waals surface area (Å²) >= 11 is 12.0. The lowest BCUT2D eigenvalue weighted by Crippen LogP contribution is -2.27. The van der Waals surface area contributed by atoms with Crippen molar-refractivity contribution in [3.05, 3.63) is 35.9 Å². The molecule has 0 aliphatic carbocycles. The largest absolute Gasteiger partial charge is 0.481 e. The summed E-state index contributed by atoms with van der Waals surface area (Å²) in [7, 11) is 0. The summed E-state index contributed by atoms with van der Waals surface area (Å²) in [5, 5.41) is 19.2. The van der Waals surface area contributed by atoms with E-state index < -0.39 is 16.6 Å². The molecule has 41 heavy (non-hydrogen) atoms. The number of esters is 1. The summed E-state index contributed by atoms with van der Waals surface area (Å²) < 4.78 is 6.26. The first-order chi connectivity index (χ1) is 19.7. The van der Waals surface area contributed by atoms with E-state index in [4.69, 9.17) is 17.0 Å². The van der Waals surface area contributed by atoms with Crippen LogP contribution in [0.1, 0.15) is 115 Å². The number of hydrogen-bond donors (Lipinski definition) is 1. The van der Waals surface area contributed by atoms with Crippen LogP contribution in [0.25, 0.3) is 0 Å². The molecular formula is C32H48BrNO4S3. The maximum absolute atomic E-state index is 13.1. The van der Waals surface area contributed by atoms with Crippen LogP contribution < -0.4 is 0 Å². The second kappa shape index (κ2) is 23.4. The number of nitriles is 1. The molecule has 0 spiro atoms. The van der Waals surface area contributed by atoms with Crippen LogP contribution in [0.5, 0.6) is 0 Å². The minimum atomic E-state index is -0.917. The average Bonchev–Trinajstić information content (AvgIpc) is 2.97. The number of rotatable bonds is 23. The minimum absolute atomic E-state index is 0.0727. The average molecular weight is 687 g/mol. The lowest BCUT2D eigenvalue weighted by atomic mass is 9.75. The van der Waals surface area contributed by atoms with Crippen LogP contribution in [-0.4, -0.2) is 43.5 Å². The second-order valence-electron chi connectivity index (χ2n) is 10.9. The number of carbonyl (C=O) groups is 2. The summed E-state index contributed by atoms with van der Waals surface area (Å²) in [4.78, 5) is 24.4. The van der Waals surface area contributed by atoms with Crippen LogP contribution in [0, 0.1) is 16.7 Å². The van der Waals surface area contributed by atoms with Crippen molar-refractivity contribution in [2.24, 2.45) is 5.41 Å². The molecular weight excluding hydrogens is 638 g/mol. The van der Waals surface area contributed by atoms with Gasteiger partial charge in [0.2, 0.25) is 0 Å². The number of alkyl halides is 1. The van der Waals surface area contributed by atoms with Gasteiger partial charge in [-0.1, -0.05) is 135 Å². The number of carboxylic acid groups (broad SMARTS) is 1. The van der Waals surface area contributed by atoms with Gasteiger partial charge in [0.05, 0.1) is 11.5 Å². The normalized spacial score (nSPS) is 14.0. The Morgan fingerprint density at radius 1 is 1.07 bits per heavy atom. The number of unbranched alkanes of at least 4 members (excludes halogenated alkanes) is 9. The van der Waals surface area contributed by atoms with Gasteiger partial charge in [0, 0.05) is 11.8 Å². The number of nitrogens with zero attached hydrogens (tertiary/aromatic N) is 1. The van der Waals surface area contributed by atoms with Gasteiger partial charge in [0.1, 0.15) is 15.4 Å². The standard InChI is InChI=1S/C32H48BrNO4S3/c1-3-4-5-6-7-8-9-10-11-15-22-40-31(39)41-28(30(37)38-21-20-33)23-27(26-16-13-12-14-17-26)24-32(2,25-34)19-18-29(35)36/h12-14,16-17,27-28H,3-11,15,18-24H2,1-2H3,(H,35,36). The highest BCUT2D eigenvalue weighted by Crippen LogP contribution is 2.40. The quantitative estimate of drug-likeness (QED) is 0.0527. The number of aliphatic carboxylic acids is 1. The molecule has 0 aromatic heterocycles. The van der Waals surface area contributed by atoms with Crippen LogP contribution in [0.2, 0.25) is 0 Å². The van der Waals surface area contributed by atoms with Crippen molar-refractivity contribution in [3.63, 3.8) is 0 Å². The molecule has 0 saturated heterocycles. The van der Waals surface area contributed by atoms with Gasteiger partial charge >= 0.3 is 11.9 Å². The molecule has 1 rings (SSSR count). The topological polar surface area (TPSA) is 87.4 Å². The van der Waals surface area contributed by atoms with E-state index in [0.29, 0.717) is 18.2 Å². The van der Waals surface area contributed by atoms with Crippen LogP contribution >= 0.6 is 51.7 Å². The van der Waals surface area contributed by atoms with E-state index in [9.17, 15) is 20.0 Å². The Bertz CT molecular complexity index is 927. The van der Waals surface area contributed by atoms with Crippen LogP contribution in [-0.2, 0) is 14.3 Å². The van der Waals surface area contributed by atoms with Gasteiger partial charge in [-0.25, -0.2) is 0 Å². The molecule has 230 valence electrons. The summed E-state index contributed by atoms with van der Waals surface area (Å²) in [6.45, 7) is 4.34. The van der Waals surface area contributed by atoms with Gasteiger partial charge in [-0.2, -0.15) is 5.26 Å². The number of thioether (sulfide) groups is 2. The van der Waals surface area contributed by atoms with Gasteiger partial charge in [-0.15, -0.1) is 11.8 Å². The minimum Gasteiger partial charge on any atom is -0.481 e. The predicted octanol–water partition coefficient (Wildman–Crippen LogP) is 9.92. The molecule has 1 aromatic rings. The van der Waals surface area contributed by atoms with Gasteiger partial charge < -0.3 is 9.84 Å². The first-order valence-corrected chi connectivity index (χ1v) is 18.4. The Hall–Kier alpha value is -1.08. The Kier molecular flexibility index (Phi) is 21.6. The number of halogens is 1. The Labute approximate surface area is 270 Å². The lowest BCUT2D eigenvalue weighted by molar-refractivity contribution is -0.142. The Morgan fingerprint density at radius 3 is 2.24 bits per heavy atom. The highest BCUT2D eigenvalue weighted by atomic mass is 79.9. The smallest absolute Gasteiger partial charge is 0.319 e. The number of benzene rings is 1. The number of carboxylic acids is 1. The number of thiocarbonyl (C=S) groups is 1. The molecule has 9 heteroatoms. The zero-order valence-corrected chi connectivity index (χ0v) is 28.8. The highest BCUT2D eigenvalue weighted by Gasteiger charge is 2.34. The molecule has 0 aliphatic rings. The van der Waals surface area contributed by atoms with E-state index in [2.05, 4.69) is 28.9 Å². The van der Waals surface area contributed by atoms with Crippen molar-refractivity contribution in [2.45, 2.75) is 115 Å². The van der Waals surface area contributed by atoms with Crippen molar-refractivity contribution < 1.29 is 19.4 Å². The third-order valence-corrected chi connectivity index (χ3v) is 10.4. The molecule has 0 fully saturated rings. The maximum atomic E-state index is 13.1. The molecule has 1 aromatic carbocycles. The lowest BCUT2D eigenvalue weighted by Gasteiger charge is -2.29. The van der Waals surface area contributed by atoms with Crippen LogP contribution in [0.4, 0.5) is 0 Å². The van der Waals surface area contributed by atoms with Crippen molar-refractivity contribution >= 4 is 67.1 Å². The summed E-state index contributed by atoms with van der Waals surface area (Å²) in [5.41, 5.74) is 0.186. The van der Waals surface area contributed by atoms with E-state index in [-0.39, 0.29) is 31.3 Å². The fraction of sp³-hybridized carbons (Fsp3) is 0.688. The first-order valence-electron chi connectivity index (χ1n) is 15.0. The molecule has 3 atom stereocenters. The van der Waals surface area contributed by atoms with Gasteiger partial charge in [0.15, 0.2) is 0 Å². The molecule has 0 bridgehead atoms. The molecule has 0 radical (unpaired) electrons. The van der Waals surface area contributed by atoms with E-state index >= 15 is 0 Å². The third kappa shape index (κ3) is 18.2. The molecule has 0 amide bonds. The van der Waals surface area contributed by atoms with E-state index in [1.165, 1.54) is 69.5 Å². The first kappa shape index (κ1) is 37.9. The SMILES string of the molecule is CCCCCCCCCCCCSC(=S)SC(CC(CC(C)(C#N)CCC(=O)O)c1ccccc1)C(=O)OCCBr. The van der Waals surface area contributed by atoms with Crippen molar-refractivity contribution in [1.29, 1.82) is 5.26 Å². The van der Waals surface area contributed by atoms with E-state index in [1.54, 1.807) is 11.8 Å². The second-order valence-corrected chi connectivity index (χ2v) is 15.2. The fourth-order valence-corrected chi connectivity index (χ4v) is 7.64. The number of ether oxygens (including phenoxy) is 1. The zero-order valence-electron chi connectivity index (χ0n) is 24.8. The molecule has 0 aliphatic heterocycles. The summed E-state index contributed by atoms with van der Waals surface area (Å²) in [5.74, 6) is -0.408. The molecule has 0 saturated carbocycles. The van der Waals surface area contributed by atoms with E-state index in [0.717, 1.165) is 21.3 Å². The summed E-state index contributed by atoms with van der Waals surface area (Å²) in [6.07, 6.45) is 14.0. The molecule has 5 nitrogen and oxygen atoms in total. The predicted molar refractivity (Wildman–Crippen MR) is 182 cm³/mol.